The van der Waals surface area contributed by atoms with Crippen LogP contribution in [0.25, 0.3) is 0 Å². The van der Waals surface area contributed by atoms with Crippen molar-refractivity contribution < 1.29 is 8.42 Å². The molecule has 2 rings (SSSR count). The van der Waals surface area contributed by atoms with Gasteiger partial charge in [0.05, 0.1) is 0 Å². The number of rotatable bonds is 6. The van der Waals surface area contributed by atoms with Crippen LogP contribution < -0.4 is 5.73 Å². The highest BCUT2D eigenvalue weighted by Gasteiger charge is 2.31. The molecule has 1 fully saturated rings. The molecule has 0 bridgehead atoms. The fourth-order valence-corrected chi connectivity index (χ4v) is 4.15. The molecule has 1 heterocycles. The fourth-order valence-electron chi connectivity index (χ4n) is 2.67. The molecule has 0 spiro atoms. The molecule has 0 saturated carbocycles. The molecule has 1 unspecified atom stereocenters. The van der Waals surface area contributed by atoms with Crippen LogP contribution in [0.2, 0.25) is 0 Å². The molecule has 118 valence electrons. The number of benzene rings is 1. The molecule has 21 heavy (non-hydrogen) atoms. The summed E-state index contributed by atoms with van der Waals surface area (Å²) in [6, 6.07) is 9.95. The smallest absolute Gasteiger partial charge is 0.281 e. The number of piperidine rings is 1. The molecule has 0 aromatic heterocycles. The minimum atomic E-state index is -3.36. The van der Waals surface area contributed by atoms with E-state index >= 15 is 0 Å². The summed E-state index contributed by atoms with van der Waals surface area (Å²) in [7, 11) is -1.71. The lowest BCUT2D eigenvalue weighted by atomic mass is 10.0. The Hall–Kier alpha value is -0.950. The highest BCUT2D eigenvalue weighted by atomic mass is 32.2. The summed E-state index contributed by atoms with van der Waals surface area (Å²) in [4.78, 5) is 0. The molecule has 1 saturated heterocycles. The summed E-state index contributed by atoms with van der Waals surface area (Å²) < 4.78 is 28.2. The largest absolute Gasteiger partial charge is 0.330 e. The van der Waals surface area contributed by atoms with Crippen molar-refractivity contribution in [3.63, 3.8) is 0 Å². The van der Waals surface area contributed by atoms with Gasteiger partial charge < -0.3 is 5.73 Å². The van der Waals surface area contributed by atoms with Gasteiger partial charge >= 0.3 is 0 Å². The summed E-state index contributed by atoms with van der Waals surface area (Å²) >= 11 is 0. The van der Waals surface area contributed by atoms with E-state index in [1.165, 1.54) is 4.31 Å². The lowest BCUT2D eigenvalue weighted by Crippen LogP contribution is -2.48. The molecule has 0 radical (unpaired) electrons. The van der Waals surface area contributed by atoms with Crippen LogP contribution in [0.1, 0.15) is 18.4 Å². The second-order valence-electron chi connectivity index (χ2n) is 5.67. The number of nitrogens with two attached hydrogens (primary N) is 1. The van der Waals surface area contributed by atoms with E-state index in [1.807, 2.05) is 30.3 Å². The monoisotopic (exact) mass is 311 g/mol. The van der Waals surface area contributed by atoms with E-state index in [4.69, 9.17) is 5.73 Å². The van der Waals surface area contributed by atoms with E-state index in [1.54, 1.807) is 11.4 Å². The van der Waals surface area contributed by atoms with E-state index in [0.29, 0.717) is 26.2 Å². The zero-order valence-corrected chi connectivity index (χ0v) is 13.4. The first-order valence-electron chi connectivity index (χ1n) is 7.49. The van der Waals surface area contributed by atoms with Crippen LogP contribution in [0.15, 0.2) is 30.3 Å². The Kier molecular flexibility index (Phi) is 5.75. The third-order valence-electron chi connectivity index (χ3n) is 4.09. The van der Waals surface area contributed by atoms with Gasteiger partial charge in [-0.05, 0) is 37.3 Å². The molecule has 1 aliphatic heterocycles. The van der Waals surface area contributed by atoms with Crippen LogP contribution in [-0.2, 0) is 16.6 Å². The second kappa shape index (κ2) is 7.35. The average molecular weight is 311 g/mol. The molecule has 0 amide bonds. The van der Waals surface area contributed by atoms with Crippen molar-refractivity contribution in [1.29, 1.82) is 0 Å². The SMILES string of the molecule is CN(CCc1ccccc1)S(=O)(=O)N1CCCC(CN)C1. The van der Waals surface area contributed by atoms with E-state index in [0.717, 1.165) is 24.8 Å². The van der Waals surface area contributed by atoms with Gasteiger partial charge in [-0.3, -0.25) is 0 Å². The lowest BCUT2D eigenvalue weighted by Gasteiger charge is -2.34. The summed E-state index contributed by atoms with van der Waals surface area (Å²) in [5, 5.41) is 0. The summed E-state index contributed by atoms with van der Waals surface area (Å²) in [6.45, 7) is 2.21. The highest BCUT2D eigenvalue weighted by molar-refractivity contribution is 7.86. The Bertz CT molecular complexity index is 533. The van der Waals surface area contributed by atoms with Gasteiger partial charge in [0.15, 0.2) is 0 Å². The molecule has 6 heteroatoms. The van der Waals surface area contributed by atoms with Crippen molar-refractivity contribution in [2.45, 2.75) is 19.3 Å². The molecule has 1 aliphatic rings. The minimum Gasteiger partial charge on any atom is -0.330 e. The van der Waals surface area contributed by atoms with E-state index < -0.39 is 10.2 Å². The van der Waals surface area contributed by atoms with Gasteiger partial charge in [-0.1, -0.05) is 30.3 Å². The summed E-state index contributed by atoms with van der Waals surface area (Å²) in [5.74, 6) is 0.288. The zero-order valence-electron chi connectivity index (χ0n) is 12.6. The Balaban J connectivity index is 1.95. The Labute approximate surface area is 127 Å². The van der Waals surface area contributed by atoms with E-state index in [9.17, 15) is 8.42 Å². The molecule has 1 aromatic carbocycles. The average Bonchev–Trinajstić information content (AvgIpc) is 2.53. The van der Waals surface area contributed by atoms with Crippen LogP contribution in [-0.4, -0.2) is 50.3 Å². The van der Waals surface area contributed by atoms with Gasteiger partial charge in [0, 0.05) is 26.7 Å². The van der Waals surface area contributed by atoms with Gasteiger partial charge in [-0.15, -0.1) is 0 Å². The van der Waals surface area contributed by atoms with Gasteiger partial charge in [0.2, 0.25) is 0 Å². The number of nitrogens with zero attached hydrogens (tertiary/aromatic N) is 2. The molecule has 5 nitrogen and oxygen atoms in total. The van der Waals surface area contributed by atoms with E-state index in [-0.39, 0.29) is 5.92 Å². The van der Waals surface area contributed by atoms with Crippen LogP contribution in [0.3, 0.4) is 0 Å². The topological polar surface area (TPSA) is 66.6 Å². The van der Waals surface area contributed by atoms with Crippen LogP contribution in [0.5, 0.6) is 0 Å². The minimum absolute atomic E-state index is 0.288. The molecular formula is C15H25N3O2S. The predicted molar refractivity (Wildman–Crippen MR) is 85.0 cm³/mol. The third kappa shape index (κ3) is 4.26. The Morgan fingerprint density at radius 1 is 1.33 bits per heavy atom. The zero-order chi connectivity index (χ0) is 15.3. The van der Waals surface area contributed by atoms with Gasteiger partial charge in [-0.2, -0.15) is 17.0 Å². The molecule has 2 N–H and O–H groups in total. The van der Waals surface area contributed by atoms with Crippen LogP contribution >= 0.6 is 0 Å². The molecular weight excluding hydrogens is 286 g/mol. The van der Waals surface area contributed by atoms with Crippen molar-refractivity contribution in [3.05, 3.63) is 35.9 Å². The van der Waals surface area contributed by atoms with Crippen molar-refractivity contribution in [2.75, 3.05) is 33.2 Å². The van der Waals surface area contributed by atoms with E-state index in [2.05, 4.69) is 0 Å². The quantitative estimate of drug-likeness (QED) is 0.855. The molecule has 1 aromatic rings. The fraction of sp³-hybridized carbons (Fsp3) is 0.600. The maximum Gasteiger partial charge on any atom is 0.281 e. The van der Waals surface area contributed by atoms with Crippen molar-refractivity contribution in [3.8, 4) is 0 Å². The van der Waals surface area contributed by atoms with Crippen LogP contribution in [0.4, 0.5) is 0 Å². The number of likely N-dealkylation sites (N-methyl/N-ethyl adjacent to an activating group) is 1. The lowest BCUT2D eigenvalue weighted by molar-refractivity contribution is 0.256. The maximum atomic E-state index is 12.6. The molecule has 1 atom stereocenters. The maximum absolute atomic E-state index is 12.6. The molecule has 0 aliphatic carbocycles. The van der Waals surface area contributed by atoms with Crippen molar-refractivity contribution in [1.82, 2.24) is 8.61 Å². The predicted octanol–water partition coefficient (Wildman–Crippen LogP) is 1.08. The first-order chi connectivity index (χ1) is 10.0. The Morgan fingerprint density at radius 3 is 2.71 bits per heavy atom. The normalized spacial score (nSPS) is 20.8. The second-order valence-corrected chi connectivity index (χ2v) is 7.70. The standard InChI is InChI=1S/C15H25N3O2S/c1-17(11-9-14-6-3-2-4-7-14)21(19,20)18-10-5-8-15(12-16)13-18/h2-4,6-7,15H,5,8-13,16H2,1H3. The number of hydrogen-bond acceptors (Lipinski definition) is 3. The van der Waals surface area contributed by atoms with Crippen molar-refractivity contribution in [2.24, 2.45) is 11.7 Å². The number of hydrogen-bond donors (Lipinski definition) is 1. The van der Waals surface area contributed by atoms with Crippen molar-refractivity contribution >= 4 is 10.2 Å². The third-order valence-corrected chi connectivity index (χ3v) is 6.05. The summed E-state index contributed by atoms with van der Waals surface area (Å²) in [5.41, 5.74) is 6.84. The highest BCUT2D eigenvalue weighted by Crippen LogP contribution is 2.20. The Morgan fingerprint density at radius 2 is 2.05 bits per heavy atom. The van der Waals surface area contributed by atoms with Crippen LogP contribution in [0, 0.1) is 5.92 Å². The van der Waals surface area contributed by atoms with Gasteiger partial charge in [-0.25, -0.2) is 0 Å². The first-order valence-corrected chi connectivity index (χ1v) is 8.89. The first kappa shape index (κ1) is 16.4. The van der Waals surface area contributed by atoms with Gasteiger partial charge in [0.25, 0.3) is 10.2 Å². The summed E-state index contributed by atoms with van der Waals surface area (Å²) in [6.07, 6.45) is 2.65. The van der Waals surface area contributed by atoms with Gasteiger partial charge in [0.1, 0.15) is 0 Å².